The Hall–Kier alpha value is -1.63. The number of nitrogens with one attached hydrogen (secondary N) is 1. The zero-order valence-electron chi connectivity index (χ0n) is 11.3. The highest BCUT2D eigenvalue weighted by Crippen LogP contribution is 2.13. The van der Waals surface area contributed by atoms with E-state index in [4.69, 9.17) is 4.74 Å². The van der Waals surface area contributed by atoms with Crippen LogP contribution in [-0.2, 0) is 11.3 Å². The summed E-state index contributed by atoms with van der Waals surface area (Å²) in [4.78, 5) is 23.8. The maximum Gasteiger partial charge on any atom is 0.354 e. The molecule has 2 rings (SSSR count). The molecule has 19 heavy (non-hydrogen) atoms. The van der Waals surface area contributed by atoms with Gasteiger partial charge in [0.2, 0.25) is 0 Å². The molecule has 0 bridgehead atoms. The molecule has 7 heteroatoms. The smallest absolute Gasteiger partial charge is 0.354 e. The van der Waals surface area contributed by atoms with Gasteiger partial charge in [0.05, 0.1) is 12.6 Å². The molecule has 1 aromatic rings. The molecule has 1 aromatic heterocycles. The van der Waals surface area contributed by atoms with E-state index in [2.05, 4.69) is 10.4 Å². The van der Waals surface area contributed by atoms with Gasteiger partial charge in [0.15, 0.2) is 0 Å². The monoisotopic (exact) mass is 268 g/mol. The van der Waals surface area contributed by atoms with Crippen molar-refractivity contribution in [2.24, 2.45) is 0 Å². The Morgan fingerprint density at radius 2 is 2.37 bits per heavy atom. The number of ether oxygens (including phenoxy) is 1. The molecule has 1 amide bonds. The molecule has 1 aliphatic heterocycles. The lowest BCUT2D eigenvalue weighted by atomic mass is 10.1. The second-order valence-corrected chi connectivity index (χ2v) is 5.06. The van der Waals surface area contributed by atoms with Crippen molar-refractivity contribution in [2.75, 3.05) is 6.61 Å². The van der Waals surface area contributed by atoms with E-state index in [1.54, 1.807) is 0 Å². The lowest BCUT2D eigenvalue weighted by Gasteiger charge is -2.21. The number of nitrogens with zero attached hydrogens (tertiary/aromatic N) is 3. The number of rotatable bonds is 3. The van der Waals surface area contributed by atoms with Crippen molar-refractivity contribution in [3.8, 4) is 0 Å². The molecule has 0 radical (unpaired) electrons. The van der Waals surface area contributed by atoms with E-state index >= 15 is 0 Å². The van der Waals surface area contributed by atoms with E-state index in [1.165, 1.54) is 11.0 Å². The van der Waals surface area contributed by atoms with E-state index in [1.807, 2.05) is 13.8 Å². The molecule has 1 aliphatic rings. The molecule has 0 aliphatic carbocycles. The lowest BCUT2D eigenvalue weighted by Crippen LogP contribution is -2.40. The fourth-order valence-electron chi connectivity index (χ4n) is 2.06. The highest BCUT2D eigenvalue weighted by atomic mass is 16.5. The second kappa shape index (κ2) is 6.01. The lowest BCUT2D eigenvalue weighted by molar-refractivity contribution is 0.00331. The summed E-state index contributed by atoms with van der Waals surface area (Å²) < 4.78 is 7.84. The van der Waals surface area contributed by atoms with Gasteiger partial charge in [0, 0.05) is 12.6 Å². The maximum absolute atomic E-state index is 12.0. The van der Waals surface area contributed by atoms with Crippen LogP contribution in [0.15, 0.2) is 11.1 Å². The molecule has 1 atom stereocenters. The van der Waals surface area contributed by atoms with Crippen LogP contribution < -0.4 is 11.0 Å². The SMILES string of the molecule is CC(C)NC(=O)n1cnn(CC2CCCCO2)c1=O. The van der Waals surface area contributed by atoms with Crippen molar-refractivity contribution in [2.45, 2.75) is 51.8 Å². The third-order valence-corrected chi connectivity index (χ3v) is 3.01. The maximum atomic E-state index is 12.0. The normalized spacial score (nSPS) is 19.6. The summed E-state index contributed by atoms with van der Waals surface area (Å²) in [5.74, 6) is 0. The van der Waals surface area contributed by atoms with Crippen molar-refractivity contribution >= 4 is 6.03 Å². The average molecular weight is 268 g/mol. The molecule has 1 fully saturated rings. The second-order valence-electron chi connectivity index (χ2n) is 5.06. The molecule has 0 aromatic carbocycles. The van der Waals surface area contributed by atoms with Crippen LogP contribution in [0.25, 0.3) is 0 Å². The Bertz CT molecular complexity index is 485. The van der Waals surface area contributed by atoms with Crippen LogP contribution in [0, 0.1) is 0 Å². The third-order valence-electron chi connectivity index (χ3n) is 3.01. The number of amides is 1. The first kappa shape index (κ1) is 13.8. The Morgan fingerprint density at radius 3 is 3.00 bits per heavy atom. The van der Waals surface area contributed by atoms with Crippen LogP contribution in [0.5, 0.6) is 0 Å². The summed E-state index contributed by atoms with van der Waals surface area (Å²) in [6, 6.07) is -0.472. The first-order valence-electron chi connectivity index (χ1n) is 6.65. The van der Waals surface area contributed by atoms with Crippen molar-refractivity contribution in [3.63, 3.8) is 0 Å². The summed E-state index contributed by atoms with van der Waals surface area (Å²) in [6.45, 7) is 4.81. The fraction of sp³-hybridized carbons (Fsp3) is 0.750. The molecule has 1 N–H and O–H groups in total. The van der Waals surface area contributed by atoms with Gasteiger partial charge in [-0.2, -0.15) is 5.10 Å². The molecule has 1 saturated heterocycles. The minimum Gasteiger partial charge on any atom is -0.376 e. The third kappa shape index (κ3) is 3.44. The minimum absolute atomic E-state index is 0.0166. The molecular formula is C12H20N4O3. The zero-order valence-corrected chi connectivity index (χ0v) is 11.3. The van der Waals surface area contributed by atoms with Crippen molar-refractivity contribution in [1.82, 2.24) is 19.7 Å². The summed E-state index contributed by atoms with van der Waals surface area (Å²) >= 11 is 0. The minimum atomic E-state index is -0.448. The average Bonchev–Trinajstić information content (AvgIpc) is 2.72. The fourth-order valence-corrected chi connectivity index (χ4v) is 2.06. The van der Waals surface area contributed by atoms with Crippen LogP contribution in [0.1, 0.15) is 33.1 Å². The van der Waals surface area contributed by atoms with Crippen LogP contribution in [0.4, 0.5) is 4.79 Å². The zero-order chi connectivity index (χ0) is 13.8. The van der Waals surface area contributed by atoms with Crippen molar-refractivity contribution in [3.05, 3.63) is 16.8 Å². The quantitative estimate of drug-likeness (QED) is 0.869. The van der Waals surface area contributed by atoms with Gasteiger partial charge in [-0.05, 0) is 33.1 Å². The Balaban J connectivity index is 2.05. The molecular weight excluding hydrogens is 248 g/mol. The number of hydrogen-bond donors (Lipinski definition) is 1. The van der Waals surface area contributed by atoms with E-state index in [-0.39, 0.29) is 12.1 Å². The Kier molecular flexibility index (Phi) is 4.36. The van der Waals surface area contributed by atoms with Crippen LogP contribution >= 0.6 is 0 Å². The number of carbonyl (C=O) groups is 1. The predicted molar refractivity (Wildman–Crippen MR) is 69.1 cm³/mol. The summed E-state index contributed by atoms with van der Waals surface area (Å²) in [5, 5.41) is 6.62. The van der Waals surface area contributed by atoms with Gasteiger partial charge in [0.25, 0.3) is 0 Å². The Morgan fingerprint density at radius 1 is 1.58 bits per heavy atom. The van der Waals surface area contributed by atoms with Gasteiger partial charge >= 0.3 is 11.7 Å². The molecule has 106 valence electrons. The van der Waals surface area contributed by atoms with Crippen LogP contribution in [0.3, 0.4) is 0 Å². The van der Waals surface area contributed by atoms with Crippen molar-refractivity contribution < 1.29 is 9.53 Å². The molecule has 7 nitrogen and oxygen atoms in total. The van der Waals surface area contributed by atoms with E-state index < -0.39 is 11.7 Å². The van der Waals surface area contributed by atoms with E-state index in [0.717, 1.165) is 30.4 Å². The van der Waals surface area contributed by atoms with E-state index in [0.29, 0.717) is 6.54 Å². The number of hydrogen-bond acceptors (Lipinski definition) is 4. The molecule has 1 unspecified atom stereocenters. The largest absolute Gasteiger partial charge is 0.376 e. The van der Waals surface area contributed by atoms with Gasteiger partial charge in [-0.3, -0.25) is 0 Å². The van der Waals surface area contributed by atoms with E-state index in [9.17, 15) is 9.59 Å². The van der Waals surface area contributed by atoms with Gasteiger partial charge in [0.1, 0.15) is 6.33 Å². The molecule has 0 spiro atoms. The van der Waals surface area contributed by atoms with Crippen LogP contribution in [0.2, 0.25) is 0 Å². The molecule has 2 heterocycles. The predicted octanol–water partition coefficient (Wildman–Crippen LogP) is 0.580. The first-order valence-corrected chi connectivity index (χ1v) is 6.65. The van der Waals surface area contributed by atoms with Crippen molar-refractivity contribution in [1.29, 1.82) is 0 Å². The Labute approximate surface area is 111 Å². The van der Waals surface area contributed by atoms with Gasteiger partial charge in [-0.1, -0.05) is 0 Å². The van der Waals surface area contributed by atoms with Crippen LogP contribution in [-0.4, -0.2) is 39.1 Å². The molecule has 0 saturated carbocycles. The number of carbonyl (C=O) groups excluding carboxylic acids is 1. The van der Waals surface area contributed by atoms with Gasteiger partial charge < -0.3 is 10.1 Å². The first-order chi connectivity index (χ1) is 9.08. The van der Waals surface area contributed by atoms with Gasteiger partial charge in [-0.15, -0.1) is 0 Å². The summed E-state index contributed by atoms with van der Waals surface area (Å²) in [7, 11) is 0. The highest BCUT2D eigenvalue weighted by Gasteiger charge is 2.18. The topological polar surface area (TPSA) is 78.2 Å². The number of aromatic nitrogens is 3. The standard InChI is InChI=1S/C12H20N4O3/c1-9(2)14-11(17)15-8-13-16(12(15)18)7-10-5-3-4-6-19-10/h8-10H,3-7H2,1-2H3,(H,14,17). The summed E-state index contributed by atoms with van der Waals surface area (Å²) in [5.41, 5.74) is -0.424. The summed E-state index contributed by atoms with van der Waals surface area (Å²) in [6.07, 6.45) is 4.37. The van der Waals surface area contributed by atoms with Gasteiger partial charge in [-0.25, -0.2) is 18.8 Å². The highest BCUT2D eigenvalue weighted by molar-refractivity contribution is 5.76.